The zero-order chi connectivity index (χ0) is 20.0. The van der Waals surface area contributed by atoms with Crippen LogP contribution in [0.1, 0.15) is 0 Å². The van der Waals surface area contributed by atoms with Crippen LogP contribution >= 0.6 is 21.6 Å². The van der Waals surface area contributed by atoms with Crippen LogP contribution in [-0.4, -0.2) is 47.1 Å². The van der Waals surface area contributed by atoms with Crippen molar-refractivity contribution in [2.24, 2.45) is 10.7 Å². The molecule has 27 heavy (non-hydrogen) atoms. The summed E-state index contributed by atoms with van der Waals surface area (Å²) in [5, 5.41) is -2.12. The number of aliphatic imine (C=N–C) groups is 1. The maximum atomic E-state index is 13.7. The van der Waals surface area contributed by atoms with Crippen LogP contribution in [0.4, 0.5) is 27.2 Å². The maximum Gasteiger partial charge on any atom is 0.439 e. The van der Waals surface area contributed by atoms with Gasteiger partial charge >= 0.3 is 12.3 Å². The van der Waals surface area contributed by atoms with Crippen molar-refractivity contribution in [3.05, 3.63) is 40.1 Å². The van der Waals surface area contributed by atoms with Crippen molar-refractivity contribution in [3.8, 4) is 0 Å². The molecule has 1 unspecified atom stereocenters. The number of hydrogen-bond acceptors (Lipinski definition) is 4. The molecule has 12 heteroatoms. The summed E-state index contributed by atoms with van der Waals surface area (Å²) in [6.07, 6.45) is -5.68. The van der Waals surface area contributed by atoms with Gasteiger partial charge in [0.25, 0.3) is 5.24 Å². The lowest BCUT2D eigenvalue weighted by atomic mass is 10.3. The lowest BCUT2D eigenvalue weighted by Crippen LogP contribution is -2.33. The highest BCUT2D eigenvalue weighted by Gasteiger charge is 2.53. The number of amides is 2. The Hall–Kier alpha value is -2.27. The minimum atomic E-state index is -4.98. The molecule has 3 rings (SSSR count). The van der Waals surface area contributed by atoms with Gasteiger partial charge in [-0.05, 0) is 23.6 Å². The predicted molar refractivity (Wildman–Crippen MR) is 91.3 cm³/mol. The van der Waals surface area contributed by atoms with Gasteiger partial charge in [0.15, 0.2) is 5.04 Å². The second-order valence-electron chi connectivity index (χ2n) is 5.61. The quantitative estimate of drug-likeness (QED) is 0.743. The van der Waals surface area contributed by atoms with Crippen molar-refractivity contribution in [2.45, 2.75) is 11.1 Å². The van der Waals surface area contributed by atoms with Crippen LogP contribution in [0.15, 0.2) is 39.2 Å². The van der Waals surface area contributed by atoms with E-state index in [1.807, 2.05) is 0 Å². The fourth-order valence-corrected chi connectivity index (χ4v) is 5.70. The third-order valence-corrected chi connectivity index (χ3v) is 7.36. The Morgan fingerprint density at radius 2 is 2.11 bits per heavy atom. The SMILES string of the molecule is NC(=O)S1(c2ccc(F)c(Cl)c2)C=C(CN2CCOC2=O)N=C1C(F)(F)F. The van der Waals surface area contributed by atoms with Gasteiger partial charge in [-0.15, -0.1) is 0 Å². The predicted octanol–water partition coefficient (Wildman–Crippen LogP) is 3.99. The lowest BCUT2D eigenvalue weighted by Gasteiger charge is -2.32. The number of nitrogens with zero attached hydrogens (tertiary/aromatic N) is 2. The summed E-state index contributed by atoms with van der Waals surface area (Å²) in [6.45, 7) is -0.00690. The number of carbonyl (C=O) groups excluding carboxylic acids is 2. The molecule has 1 atom stereocenters. The summed E-state index contributed by atoms with van der Waals surface area (Å²) in [7, 11) is -3.63. The summed E-state index contributed by atoms with van der Waals surface area (Å²) < 4.78 is 59.2. The smallest absolute Gasteiger partial charge is 0.439 e. The Morgan fingerprint density at radius 1 is 1.41 bits per heavy atom. The highest BCUT2D eigenvalue weighted by molar-refractivity contribution is 8.58. The van der Waals surface area contributed by atoms with Crippen LogP contribution in [0, 0.1) is 5.82 Å². The third-order valence-electron chi connectivity index (χ3n) is 3.88. The second-order valence-corrected chi connectivity index (χ2v) is 8.84. The molecule has 0 bridgehead atoms. The number of cyclic esters (lactones) is 1. The number of primary amides is 1. The molecule has 0 saturated carbocycles. The molecular formula is C15H12ClF4N3O3S. The van der Waals surface area contributed by atoms with E-state index in [0.717, 1.165) is 28.5 Å². The number of hydrogen-bond donors (Lipinski definition) is 1. The molecule has 0 radical (unpaired) electrons. The molecule has 0 aliphatic carbocycles. The Bertz CT molecular complexity index is 890. The number of alkyl halides is 3. The van der Waals surface area contributed by atoms with E-state index >= 15 is 0 Å². The normalized spacial score (nSPS) is 24.9. The van der Waals surface area contributed by atoms with Crippen molar-refractivity contribution in [1.82, 2.24) is 4.90 Å². The molecule has 0 aromatic heterocycles. The minimum Gasteiger partial charge on any atom is -0.448 e. The molecule has 1 fully saturated rings. The average Bonchev–Trinajstić information content (AvgIpc) is 3.15. The summed E-state index contributed by atoms with van der Waals surface area (Å²) >= 11 is 5.69. The molecule has 2 N–H and O–H groups in total. The summed E-state index contributed by atoms with van der Waals surface area (Å²) in [5.41, 5.74) is 5.21. The molecule has 146 valence electrons. The maximum absolute atomic E-state index is 13.7. The molecule has 2 amide bonds. The van der Waals surface area contributed by atoms with Gasteiger partial charge in [-0.3, -0.25) is 9.69 Å². The fraction of sp³-hybridized carbons (Fsp3) is 0.267. The summed E-state index contributed by atoms with van der Waals surface area (Å²) in [5.74, 6) is -0.855. The largest absolute Gasteiger partial charge is 0.448 e. The minimum absolute atomic E-state index is 0.101. The zero-order valence-electron chi connectivity index (χ0n) is 13.4. The summed E-state index contributed by atoms with van der Waals surface area (Å²) in [6, 6.07) is 2.81. The van der Waals surface area contributed by atoms with Gasteiger partial charge in [0.1, 0.15) is 12.4 Å². The molecule has 2 aliphatic heterocycles. The van der Waals surface area contributed by atoms with Gasteiger partial charge in [-0.2, -0.15) is 13.2 Å². The zero-order valence-corrected chi connectivity index (χ0v) is 15.0. The second kappa shape index (κ2) is 6.71. The van der Waals surface area contributed by atoms with Crippen molar-refractivity contribution >= 4 is 38.0 Å². The van der Waals surface area contributed by atoms with Crippen molar-refractivity contribution in [3.63, 3.8) is 0 Å². The molecule has 2 aliphatic rings. The molecule has 1 aromatic rings. The number of ether oxygens (including phenoxy) is 1. The van der Waals surface area contributed by atoms with Gasteiger partial charge in [-0.1, -0.05) is 21.6 Å². The first-order valence-corrected chi connectivity index (χ1v) is 9.49. The lowest BCUT2D eigenvalue weighted by molar-refractivity contribution is -0.0555. The molecule has 6 nitrogen and oxygen atoms in total. The van der Waals surface area contributed by atoms with E-state index in [4.69, 9.17) is 22.1 Å². The standard InChI is InChI=1S/C15H12ClF4N3O3S/c16-10-5-9(1-2-11(10)17)27(13(21)24)7-8(22-12(27)15(18,19)20)6-23-3-4-26-14(23)25/h1-2,5,7H,3-4,6H2,(H2,21,24). The van der Waals surface area contributed by atoms with E-state index in [1.165, 1.54) is 0 Å². The first-order valence-electron chi connectivity index (χ1n) is 7.42. The fourth-order valence-electron chi connectivity index (χ4n) is 2.70. The van der Waals surface area contributed by atoms with Crippen molar-refractivity contribution in [1.29, 1.82) is 0 Å². The Labute approximate surface area is 156 Å². The first kappa shape index (κ1) is 19.5. The number of benzene rings is 1. The van der Waals surface area contributed by atoms with Crippen LogP contribution in [0.25, 0.3) is 0 Å². The van der Waals surface area contributed by atoms with Crippen LogP contribution in [0.2, 0.25) is 5.02 Å². The Balaban J connectivity index is 2.14. The number of nitrogens with two attached hydrogens (primary N) is 1. The van der Waals surface area contributed by atoms with Crippen LogP contribution in [-0.2, 0) is 4.74 Å². The highest BCUT2D eigenvalue weighted by atomic mass is 35.5. The van der Waals surface area contributed by atoms with Gasteiger partial charge in [-0.25, -0.2) is 14.2 Å². The van der Waals surface area contributed by atoms with Crippen molar-refractivity contribution in [2.75, 3.05) is 19.7 Å². The monoisotopic (exact) mass is 425 g/mol. The molecule has 2 heterocycles. The van der Waals surface area contributed by atoms with Crippen molar-refractivity contribution < 1.29 is 31.9 Å². The van der Waals surface area contributed by atoms with E-state index in [1.54, 1.807) is 0 Å². The van der Waals surface area contributed by atoms with E-state index in [-0.39, 0.29) is 30.3 Å². The van der Waals surface area contributed by atoms with Gasteiger partial charge in [0.05, 0.1) is 23.8 Å². The van der Waals surface area contributed by atoms with Crippen LogP contribution < -0.4 is 5.73 Å². The Kier molecular flexibility index (Phi) is 4.85. The Morgan fingerprint density at radius 3 is 2.63 bits per heavy atom. The third kappa shape index (κ3) is 3.36. The summed E-state index contributed by atoms with van der Waals surface area (Å²) in [4.78, 5) is 28.3. The number of rotatable bonds is 3. The van der Waals surface area contributed by atoms with Crippen LogP contribution in [0.3, 0.4) is 0 Å². The highest BCUT2D eigenvalue weighted by Crippen LogP contribution is 2.65. The van der Waals surface area contributed by atoms with E-state index < -0.39 is 43.4 Å². The van der Waals surface area contributed by atoms with Gasteiger partial charge in [0.2, 0.25) is 0 Å². The molecule has 1 aromatic carbocycles. The number of halogens is 5. The molecule has 0 spiro atoms. The van der Waals surface area contributed by atoms with Crippen LogP contribution in [0.5, 0.6) is 0 Å². The van der Waals surface area contributed by atoms with E-state index in [2.05, 4.69) is 4.99 Å². The van der Waals surface area contributed by atoms with E-state index in [9.17, 15) is 27.2 Å². The topological polar surface area (TPSA) is 85.0 Å². The molecule has 1 saturated heterocycles. The first-order chi connectivity index (χ1) is 12.6. The van der Waals surface area contributed by atoms with Gasteiger partial charge < -0.3 is 10.5 Å². The van der Waals surface area contributed by atoms with Gasteiger partial charge in [0, 0.05) is 4.90 Å². The number of carbonyl (C=O) groups is 2. The average molecular weight is 426 g/mol. The van der Waals surface area contributed by atoms with E-state index in [0.29, 0.717) is 0 Å². The molecular weight excluding hydrogens is 414 g/mol.